The highest BCUT2D eigenvalue weighted by Crippen LogP contribution is 2.20. The Hall–Kier alpha value is -2.30. The highest BCUT2D eigenvalue weighted by atomic mass is 16.5. The van der Waals surface area contributed by atoms with E-state index in [1.165, 1.54) is 18.1 Å². The number of rotatable bonds is 2. The van der Waals surface area contributed by atoms with Crippen LogP contribution in [0.25, 0.3) is 11.0 Å². The molecule has 0 fully saturated rings. The lowest BCUT2D eigenvalue weighted by atomic mass is 10.1. The van der Waals surface area contributed by atoms with Crippen LogP contribution >= 0.6 is 0 Å². The van der Waals surface area contributed by atoms with Crippen LogP contribution in [0.3, 0.4) is 0 Å². The van der Waals surface area contributed by atoms with Gasteiger partial charge in [0.05, 0.1) is 7.11 Å². The molecule has 0 spiro atoms. The summed E-state index contributed by atoms with van der Waals surface area (Å²) in [5.74, 6) is 0.221. The fourth-order valence-corrected chi connectivity index (χ4v) is 1.61. The Morgan fingerprint density at radius 2 is 2.00 bits per heavy atom. The first-order valence-electron chi connectivity index (χ1n) is 5.36. The highest BCUT2D eigenvalue weighted by Gasteiger charge is 2.15. The van der Waals surface area contributed by atoms with Crippen molar-refractivity contribution in [1.29, 1.82) is 0 Å². The predicted octanol–water partition coefficient (Wildman–Crippen LogP) is 1.50. The Labute approximate surface area is 104 Å². The molecule has 0 aliphatic rings. The molecule has 0 N–H and O–H groups in total. The maximum absolute atomic E-state index is 11.8. The number of benzene rings is 1. The quantitative estimate of drug-likeness (QED) is 0.755. The minimum atomic E-state index is -0.644. The highest BCUT2D eigenvalue weighted by molar-refractivity contribution is 5.96. The molecule has 5 nitrogen and oxygen atoms in total. The van der Waals surface area contributed by atoms with E-state index < -0.39 is 5.63 Å². The second kappa shape index (κ2) is 4.52. The van der Waals surface area contributed by atoms with E-state index in [0.29, 0.717) is 16.7 Å². The van der Waals surface area contributed by atoms with Crippen LogP contribution in [0.1, 0.15) is 10.4 Å². The first kappa shape index (κ1) is 12.2. The zero-order valence-corrected chi connectivity index (χ0v) is 10.4. The molecule has 1 aromatic carbocycles. The van der Waals surface area contributed by atoms with E-state index in [1.54, 1.807) is 32.3 Å². The summed E-state index contributed by atoms with van der Waals surface area (Å²) in [7, 11) is 4.70. The summed E-state index contributed by atoms with van der Waals surface area (Å²) < 4.78 is 10.2. The molecule has 2 rings (SSSR count). The van der Waals surface area contributed by atoms with Crippen LogP contribution in [-0.2, 0) is 0 Å². The van der Waals surface area contributed by atoms with Crippen molar-refractivity contribution in [2.24, 2.45) is 0 Å². The van der Waals surface area contributed by atoms with Gasteiger partial charge in [-0.25, -0.2) is 4.79 Å². The van der Waals surface area contributed by atoms with E-state index in [2.05, 4.69) is 0 Å². The van der Waals surface area contributed by atoms with E-state index in [0.717, 1.165) is 0 Å². The number of hydrogen-bond donors (Lipinski definition) is 0. The Balaban J connectivity index is 2.63. The number of ether oxygens (including phenoxy) is 1. The molecule has 0 unspecified atom stereocenters. The van der Waals surface area contributed by atoms with Crippen molar-refractivity contribution >= 4 is 16.9 Å². The first-order valence-corrected chi connectivity index (χ1v) is 5.36. The lowest BCUT2D eigenvalue weighted by molar-refractivity contribution is 0.0823. The molecule has 18 heavy (non-hydrogen) atoms. The summed E-state index contributed by atoms with van der Waals surface area (Å²) in [4.78, 5) is 24.8. The van der Waals surface area contributed by atoms with Gasteiger partial charge in [0.2, 0.25) is 0 Å². The summed E-state index contributed by atoms with van der Waals surface area (Å²) in [6, 6.07) is 6.62. The van der Waals surface area contributed by atoms with Gasteiger partial charge in [0.15, 0.2) is 0 Å². The van der Waals surface area contributed by atoms with Crippen molar-refractivity contribution in [2.45, 2.75) is 0 Å². The maximum Gasteiger partial charge on any atom is 0.349 e. The topological polar surface area (TPSA) is 59.8 Å². The molecule has 2 aromatic rings. The molecule has 1 amide bonds. The Morgan fingerprint density at radius 3 is 2.61 bits per heavy atom. The van der Waals surface area contributed by atoms with Crippen molar-refractivity contribution < 1.29 is 13.9 Å². The number of carbonyl (C=O) groups is 1. The lowest BCUT2D eigenvalue weighted by Gasteiger charge is -2.09. The van der Waals surface area contributed by atoms with Gasteiger partial charge in [-0.05, 0) is 18.2 Å². The molecular formula is C13H13NO4. The zero-order chi connectivity index (χ0) is 13.3. The molecule has 0 saturated heterocycles. The van der Waals surface area contributed by atoms with Crippen molar-refractivity contribution in [3.63, 3.8) is 0 Å². The zero-order valence-electron chi connectivity index (χ0n) is 10.4. The van der Waals surface area contributed by atoms with Gasteiger partial charge in [-0.1, -0.05) is 0 Å². The normalized spacial score (nSPS) is 10.4. The lowest BCUT2D eigenvalue weighted by Crippen LogP contribution is -2.27. The molecule has 0 atom stereocenters. The van der Waals surface area contributed by atoms with Gasteiger partial charge in [-0.2, -0.15) is 0 Å². The maximum atomic E-state index is 11.8. The van der Waals surface area contributed by atoms with E-state index in [9.17, 15) is 9.59 Å². The van der Waals surface area contributed by atoms with Crippen LogP contribution < -0.4 is 10.4 Å². The van der Waals surface area contributed by atoms with Gasteiger partial charge in [-0.15, -0.1) is 0 Å². The van der Waals surface area contributed by atoms with Crippen LogP contribution in [0.15, 0.2) is 33.5 Å². The van der Waals surface area contributed by atoms with Gasteiger partial charge < -0.3 is 14.1 Å². The molecule has 0 aliphatic heterocycles. The summed E-state index contributed by atoms with van der Waals surface area (Å²) in [5, 5.41) is 0.681. The molecule has 5 heteroatoms. The monoisotopic (exact) mass is 247 g/mol. The van der Waals surface area contributed by atoms with E-state index in [-0.39, 0.29) is 11.5 Å². The van der Waals surface area contributed by atoms with Crippen LogP contribution in [-0.4, -0.2) is 32.0 Å². The van der Waals surface area contributed by atoms with E-state index >= 15 is 0 Å². The second-order valence-electron chi connectivity index (χ2n) is 4.05. The van der Waals surface area contributed by atoms with Crippen LogP contribution in [0, 0.1) is 0 Å². The van der Waals surface area contributed by atoms with Gasteiger partial charge in [0.1, 0.15) is 16.9 Å². The summed E-state index contributed by atoms with van der Waals surface area (Å²) in [6.07, 6.45) is 0. The van der Waals surface area contributed by atoms with Gasteiger partial charge in [0, 0.05) is 25.5 Å². The third-order valence-electron chi connectivity index (χ3n) is 2.58. The Morgan fingerprint density at radius 1 is 1.28 bits per heavy atom. The Kier molecular flexibility index (Phi) is 3.06. The fraction of sp³-hybridized carbons (Fsp3) is 0.231. The fourth-order valence-electron chi connectivity index (χ4n) is 1.61. The van der Waals surface area contributed by atoms with Gasteiger partial charge in [0.25, 0.3) is 5.91 Å². The number of amides is 1. The second-order valence-corrected chi connectivity index (χ2v) is 4.05. The molecule has 1 heterocycles. The largest absolute Gasteiger partial charge is 0.497 e. The Bertz CT molecular complexity index is 658. The summed E-state index contributed by atoms with van der Waals surface area (Å²) >= 11 is 0. The number of methoxy groups -OCH3 is 1. The van der Waals surface area contributed by atoms with Crippen LogP contribution in [0.4, 0.5) is 0 Å². The average Bonchev–Trinajstić information content (AvgIpc) is 2.36. The van der Waals surface area contributed by atoms with Gasteiger partial charge >= 0.3 is 5.63 Å². The summed E-state index contributed by atoms with van der Waals surface area (Å²) in [5.41, 5.74) is -0.221. The van der Waals surface area contributed by atoms with Crippen LogP contribution in [0.2, 0.25) is 0 Å². The number of carbonyl (C=O) groups excluding carboxylic acids is 1. The van der Waals surface area contributed by atoms with Crippen molar-refractivity contribution in [3.8, 4) is 5.75 Å². The standard InChI is InChI=1S/C13H13NO4/c1-14(2)12(15)10-6-8-4-5-9(17-3)7-11(8)18-13(10)16/h4-7H,1-3H3. The number of hydrogen-bond acceptors (Lipinski definition) is 4. The predicted molar refractivity (Wildman–Crippen MR) is 67.1 cm³/mol. The third kappa shape index (κ3) is 2.07. The van der Waals surface area contributed by atoms with Crippen molar-refractivity contribution in [1.82, 2.24) is 4.90 Å². The SMILES string of the molecule is COc1ccc2cc(C(=O)N(C)C)c(=O)oc2c1. The molecule has 0 saturated carbocycles. The molecule has 0 bridgehead atoms. The average molecular weight is 247 g/mol. The number of fused-ring (bicyclic) bond motifs is 1. The van der Waals surface area contributed by atoms with Crippen LogP contribution in [0.5, 0.6) is 5.75 Å². The minimum Gasteiger partial charge on any atom is -0.497 e. The minimum absolute atomic E-state index is 0.0256. The smallest absolute Gasteiger partial charge is 0.349 e. The molecular weight excluding hydrogens is 234 g/mol. The first-order chi connectivity index (χ1) is 8.52. The molecule has 94 valence electrons. The third-order valence-corrected chi connectivity index (χ3v) is 2.58. The molecule has 0 aliphatic carbocycles. The van der Waals surface area contributed by atoms with Gasteiger partial charge in [-0.3, -0.25) is 4.79 Å². The van der Waals surface area contributed by atoms with Crippen molar-refractivity contribution in [3.05, 3.63) is 40.2 Å². The molecule has 0 radical (unpaired) electrons. The van der Waals surface area contributed by atoms with E-state index in [1.807, 2.05) is 0 Å². The van der Waals surface area contributed by atoms with E-state index in [4.69, 9.17) is 9.15 Å². The van der Waals surface area contributed by atoms with Crippen molar-refractivity contribution in [2.75, 3.05) is 21.2 Å². The number of nitrogens with zero attached hydrogens (tertiary/aromatic N) is 1. The summed E-state index contributed by atoms with van der Waals surface area (Å²) in [6.45, 7) is 0. The molecule has 1 aromatic heterocycles.